The first kappa shape index (κ1) is 10.3. The molecule has 1 rings (SSSR count). The Morgan fingerprint density at radius 2 is 2.31 bits per heavy atom. The molecular weight excluding hydrogens is 281 g/mol. The molecule has 0 aliphatic carbocycles. The number of methoxy groups -OCH3 is 1. The van der Waals surface area contributed by atoms with E-state index < -0.39 is 0 Å². The van der Waals surface area contributed by atoms with Crippen molar-refractivity contribution in [1.82, 2.24) is 0 Å². The van der Waals surface area contributed by atoms with Gasteiger partial charge in [-0.1, -0.05) is 0 Å². The van der Waals surface area contributed by atoms with Crippen molar-refractivity contribution in [2.75, 3.05) is 12.8 Å². The minimum atomic E-state index is -0.270. The first-order valence-electron chi connectivity index (χ1n) is 3.74. The molecule has 0 spiro atoms. The van der Waals surface area contributed by atoms with Gasteiger partial charge in [0, 0.05) is 9.26 Å². The van der Waals surface area contributed by atoms with Crippen LogP contribution in [0.3, 0.4) is 0 Å². The minimum absolute atomic E-state index is 0.235. The lowest BCUT2D eigenvalue weighted by Crippen LogP contribution is -2.06. The summed E-state index contributed by atoms with van der Waals surface area (Å²) in [5.74, 6) is -0.270. The van der Waals surface area contributed by atoms with E-state index in [4.69, 9.17) is 5.73 Å². The van der Waals surface area contributed by atoms with Crippen LogP contribution in [0.15, 0.2) is 18.2 Å². The Morgan fingerprint density at radius 3 is 2.92 bits per heavy atom. The van der Waals surface area contributed by atoms with Crippen LogP contribution >= 0.6 is 22.6 Å². The van der Waals surface area contributed by atoms with E-state index in [0.29, 0.717) is 5.69 Å². The number of esters is 1. The van der Waals surface area contributed by atoms with Gasteiger partial charge in [0.25, 0.3) is 0 Å². The maximum absolute atomic E-state index is 11.0. The third-order valence-electron chi connectivity index (χ3n) is 1.67. The first-order valence-corrected chi connectivity index (χ1v) is 4.82. The monoisotopic (exact) mass is 291 g/mol. The molecule has 0 unspecified atom stereocenters. The molecule has 3 nitrogen and oxygen atoms in total. The summed E-state index contributed by atoms with van der Waals surface area (Å²) >= 11 is 2.17. The molecule has 0 aliphatic heterocycles. The number of rotatable bonds is 2. The molecule has 0 aliphatic rings. The van der Waals surface area contributed by atoms with Crippen LogP contribution in [-0.4, -0.2) is 13.1 Å². The summed E-state index contributed by atoms with van der Waals surface area (Å²) in [6.45, 7) is 0. The summed E-state index contributed by atoms with van der Waals surface area (Å²) in [6, 6.07) is 5.57. The smallest absolute Gasteiger partial charge is 0.310 e. The highest BCUT2D eigenvalue weighted by molar-refractivity contribution is 14.1. The van der Waals surface area contributed by atoms with Gasteiger partial charge in [-0.05, 0) is 46.4 Å². The van der Waals surface area contributed by atoms with Crippen LogP contribution in [0.25, 0.3) is 0 Å². The van der Waals surface area contributed by atoms with Gasteiger partial charge < -0.3 is 10.5 Å². The molecule has 0 bridgehead atoms. The Hall–Kier alpha value is -0.780. The van der Waals surface area contributed by atoms with E-state index in [1.807, 2.05) is 12.1 Å². The van der Waals surface area contributed by atoms with E-state index in [0.717, 1.165) is 9.13 Å². The molecule has 0 fully saturated rings. The summed E-state index contributed by atoms with van der Waals surface area (Å²) in [6.07, 6.45) is 0.235. The Labute approximate surface area is 90.4 Å². The number of nitrogens with two attached hydrogens (primary N) is 1. The Morgan fingerprint density at radius 1 is 1.62 bits per heavy atom. The Balaban J connectivity index is 2.87. The van der Waals surface area contributed by atoms with Gasteiger partial charge in [0.05, 0.1) is 13.5 Å². The molecule has 0 amide bonds. The Bertz CT molecular complexity index is 325. The lowest BCUT2D eigenvalue weighted by molar-refractivity contribution is -0.139. The molecule has 0 atom stereocenters. The molecule has 0 heterocycles. The van der Waals surface area contributed by atoms with Crippen LogP contribution in [0.1, 0.15) is 5.56 Å². The van der Waals surface area contributed by atoms with Gasteiger partial charge in [0.1, 0.15) is 0 Å². The molecule has 70 valence electrons. The number of halogens is 1. The molecule has 0 saturated carbocycles. The summed E-state index contributed by atoms with van der Waals surface area (Å²) in [7, 11) is 1.37. The van der Waals surface area contributed by atoms with Crippen molar-refractivity contribution in [2.45, 2.75) is 6.42 Å². The van der Waals surface area contributed by atoms with Crippen molar-refractivity contribution in [1.29, 1.82) is 0 Å². The SMILES string of the molecule is COC(=O)Cc1cc(I)ccc1N. The summed E-state index contributed by atoms with van der Waals surface area (Å²) in [5.41, 5.74) is 7.13. The van der Waals surface area contributed by atoms with Crippen molar-refractivity contribution >= 4 is 34.2 Å². The number of ether oxygens (including phenoxy) is 1. The predicted octanol–water partition coefficient (Wildman–Crippen LogP) is 1.59. The second-order valence-corrected chi connectivity index (χ2v) is 3.84. The molecule has 2 N–H and O–H groups in total. The molecular formula is C9H10INO2. The fourth-order valence-corrected chi connectivity index (χ4v) is 1.51. The van der Waals surface area contributed by atoms with Crippen molar-refractivity contribution < 1.29 is 9.53 Å². The number of hydrogen-bond acceptors (Lipinski definition) is 3. The van der Waals surface area contributed by atoms with Gasteiger partial charge in [-0.25, -0.2) is 0 Å². The molecule has 13 heavy (non-hydrogen) atoms. The highest BCUT2D eigenvalue weighted by Gasteiger charge is 2.06. The summed E-state index contributed by atoms with van der Waals surface area (Å²) in [5, 5.41) is 0. The Kier molecular flexibility index (Phi) is 3.53. The predicted molar refractivity (Wildman–Crippen MR) is 59.3 cm³/mol. The van der Waals surface area contributed by atoms with Crippen molar-refractivity contribution in [3.8, 4) is 0 Å². The van der Waals surface area contributed by atoms with Crippen molar-refractivity contribution in [3.63, 3.8) is 0 Å². The number of anilines is 1. The van der Waals surface area contributed by atoms with E-state index in [1.165, 1.54) is 7.11 Å². The van der Waals surface area contributed by atoms with Gasteiger partial charge in [0.15, 0.2) is 0 Å². The van der Waals surface area contributed by atoms with E-state index in [9.17, 15) is 4.79 Å². The van der Waals surface area contributed by atoms with E-state index >= 15 is 0 Å². The van der Waals surface area contributed by atoms with Crippen LogP contribution < -0.4 is 5.73 Å². The topological polar surface area (TPSA) is 52.3 Å². The van der Waals surface area contributed by atoms with Gasteiger partial charge in [-0.3, -0.25) is 4.79 Å². The minimum Gasteiger partial charge on any atom is -0.469 e. The van der Waals surface area contributed by atoms with Crippen LogP contribution in [0.2, 0.25) is 0 Å². The van der Waals surface area contributed by atoms with Gasteiger partial charge in [-0.2, -0.15) is 0 Å². The van der Waals surface area contributed by atoms with Gasteiger partial charge in [-0.15, -0.1) is 0 Å². The number of carbonyl (C=O) groups is 1. The highest BCUT2D eigenvalue weighted by Crippen LogP contribution is 2.16. The largest absolute Gasteiger partial charge is 0.469 e. The van der Waals surface area contributed by atoms with Crippen LogP contribution in [0, 0.1) is 3.57 Å². The second kappa shape index (κ2) is 4.45. The fraction of sp³-hybridized carbons (Fsp3) is 0.222. The maximum Gasteiger partial charge on any atom is 0.310 e. The molecule has 0 aromatic heterocycles. The third kappa shape index (κ3) is 2.87. The number of carbonyl (C=O) groups excluding carboxylic acids is 1. The zero-order valence-corrected chi connectivity index (χ0v) is 9.37. The molecule has 4 heteroatoms. The standard InChI is InChI=1S/C9H10INO2/c1-13-9(12)5-6-4-7(10)2-3-8(6)11/h2-4H,5,11H2,1H3. The van der Waals surface area contributed by atoms with Crippen LogP contribution in [-0.2, 0) is 16.0 Å². The van der Waals surface area contributed by atoms with Gasteiger partial charge in [0.2, 0.25) is 0 Å². The van der Waals surface area contributed by atoms with Gasteiger partial charge >= 0.3 is 5.97 Å². The van der Waals surface area contributed by atoms with E-state index in [1.54, 1.807) is 6.07 Å². The average molecular weight is 291 g/mol. The zero-order chi connectivity index (χ0) is 9.84. The number of nitrogen functional groups attached to an aromatic ring is 1. The normalized spacial score (nSPS) is 9.69. The number of hydrogen-bond donors (Lipinski definition) is 1. The molecule has 1 aromatic carbocycles. The number of benzene rings is 1. The lowest BCUT2D eigenvalue weighted by Gasteiger charge is -2.04. The molecule has 1 aromatic rings. The van der Waals surface area contributed by atoms with Crippen LogP contribution in [0.5, 0.6) is 0 Å². The first-order chi connectivity index (χ1) is 6.13. The van der Waals surface area contributed by atoms with E-state index in [-0.39, 0.29) is 12.4 Å². The van der Waals surface area contributed by atoms with E-state index in [2.05, 4.69) is 27.3 Å². The molecule has 0 saturated heterocycles. The second-order valence-electron chi connectivity index (χ2n) is 2.60. The highest BCUT2D eigenvalue weighted by atomic mass is 127. The summed E-state index contributed by atoms with van der Waals surface area (Å²) < 4.78 is 5.61. The lowest BCUT2D eigenvalue weighted by atomic mass is 10.1. The fourth-order valence-electron chi connectivity index (χ4n) is 0.955. The quantitative estimate of drug-likeness (QED) is 0.511. The van der Waals surface area contributed by atoms with Crippen LogP contribution in [0.4, 0.5) is 5.69 Å². The molecule has 0 radical (unpaired) electrons. The maximum atomic E-state index is 11.0. The van der Waals surface area contributed by atoms with Crippen molar-refractivity contribution in [2.24, 2.45) is 0 Å². The zero-order valence-electron chi connectivity index (χ0n) is 7.21. The summed E-state index contributed by atoms with van der Waals surface area (Å²) in [4.78, 5) is 11.0. The third-order valence-corrected chi connectivity index (χ3v) is 2.34. The average Bonchev–Trinajstić information content (AvgIpc) is 2.11. The van der Waals surface area contributed by atoms with Crippen molar-refractivity contribution in [3.05, 3.63) is 27.3 Å².